The second kappa shape index (κ2) is 2.55. The van der Waals surface area contributed by atoms with Crippen molar-refractivity contribution in [1.29, 1.82) is 0 Å². The van der Waals surface area contributed by atoms with Crippen molar-refractivity contribution in [3.05, 3.63) is 15.9 Å². The highest BCUT2D eigenvalue weighted by Crippen LogP contribution is 2.31. The van der Waals surface area contributed by atoms with E-state index in [4.69, 9.17) is 0 Å². The van der Waals surface area contributed by atoms with E-state index in [0.717, 1.165) is 6.04 Å². The first-order chi connectivity index (χ1) is 4.84. The molecule has 1 aliphatic rings. The van der Waals surface area contributed by atoms with Gasteiger partial charge in [0.05, 0.1) is 8.79 Å². The molecule has 1 N–H and O–H groups in total. The standard InChI is InChI=1S/C7H8BrNS/c8-6-3-4-7(10-6)9-5-1-2-5/h3-5,9H,1-2H2. The van der Waals surface area contributed by atoms with E-state index in [1.54, 1.807) is 11.3 Å². The minimum Gasteiger partial charge on any atom is -0.374 e. The predicted octanol–water partition coefficient (Wildman–Crippen LogP) is 3.08. The van der Waals surface area contributed by atoms with Crippen molar-refractivity contribution in [3.63, 3.8) is 0 Å². The first-order valence-corrected chi connectivity index (χ1v) is 4.97. The maximum Gasteiger partial charge on any atom is 0.0896 e. The molecule has 0 radical (unpaired) electrons. The fraction of sp³-hybridized carbons (Fsp3) is 0.429. The van der Waals surface area contributed by atoms with Gasteiger partial charge in [-0.05, 0) is 40.9 Å². The minimum atomic E-state index is 0.769. The summed E-state index contributed by atoms with van der Waals surface area (Å²) in [6.07, 6.45) is 2.69. The van der Waals surface area contributed by atoms with Crippen LogP contribution in [0, 0.1) is 0 Å². The molecule has 1 nitrogen and oxygen atoms in total. The summed E-state index contributed by atoms with van der Waals surface area (Å²) in [6, 6.07) is 4.97. The van der Waals surface area contributed by atoms with Crippen molar-refractivity contribution in [2.45, 2.75) is 18.9 Å². The molecule has 0 bridgehead atoms. The number of rotatable bonds is 2. The van der Waals surface area contributed by atoms with E-state index in [1.165, 1.54) is 21.6 Å². The first kappa shape index (κ1) is 6.68. The molecule has 3 heteroatoms. The highest BCUT2D eigenvalue weighted by molar-refractivity contribution is 9.11. The molecule has 1 heterocycles. The maximum atomic E-state index is 3.43. The number of thiophene rings is 1. The molecule has 0 amide bonds. The molecule has 0 aliphatic heterocycles. The number of nitrogens with one attached hydrogen (secondary N) is 1. The zero-order valence-electron chi connectivity index (χ0n) is 5.43. The third kappa shape index (κ3) is 1.52. The zero-order valence-corrected chi connectivity index (χ0v) is 7.83. The molecule has 2 rings (SSSR count). The van der Waals surface area contributed by atoms with Crippen LogP contribution < -0.4 is 5.32 Å². The van der Waals surface area contributed by atoms with Crippen LogP contribution >= 0.6 is 27.3 Å². The highest BCUT2D eigenvalue weighted by Gasteiger charge is 2.20. The Kier molecular flexibility index (Phi) is 1.70. The van der Waals surface area contributed by atoms with Crippen LogP contribution in [0.3, 0.4) is 0 Å². The van der Waals surface area contributed by atoms with Gasteiger partial charge in [-0.2, -0.15) is 0 Å². The average Bonchev–Trinajstić information content (AvgIpc) is 2.59. The van der Waals surface area contributed by atoms with Crippen molar-refractivity contribution in [1.82, 2.24) is 0 Å². The molecule has 1 fully saturated rings. The lowest BCUT2D eigenvalue weighted by Crippen LogP contribution is -1.97. The van der Waals surface area contributed by atoms with Gasteiger partial charge in [0.15, 0.2) is 0 Å². The van der Waals surface area contributed by atoms with E-state index < -0.39 is 0 Å². The number of halogens is 1. The van der Waals surface area contributed by atoms with Crippen LogP contribution in [0.5, 0.6) is 0 Å². The van der Waals surface area contributed by atoms with E-state index >= 15 is 0 Å². The molecule has 1 saturated carbocycles. The predicted molar refractivity (Wildman–Crippen MR) is 48.7 cm³/mol. The van der Waals surface area contributed by atoms with Crippen LogP contribution in [-0.4, -0.2) is 6.04 Å². The van der Waals surface area contributed by atoms with Crippen LogP contribution in [-0.2, 0) is 0 Å². The molecule has 0 unspecified atom stereocenters. The summed E-state index contributed by atoms with van der Waals surface area (Å²) in [4.78, 5) is 0. The van der Waals surface area contributed by atoms with Crippen LogP contribution in [0.25, 0.3) is 0 Å². The lowest BCUT2D eigenvalue weighted by molar-refractivity contribution is 1.17. The van der Waals surface area contributed by atoms with Crippen molar-refractivity contribution in [2.24, 2.45) is 0 Å². The molecule has 10 heavy (non-hydrogen) atoms. The topological polar surface area (TPSA) is 12.0 Å². The molecule has 1 aromatic heterocycles. The molecule has 0 spiro atoms. The smallest absolute Gasteiger partial charge is 0.0896 e. The van der Waals surface area contributed by atoms with Gasteiger partial charge in [0.1, 0.15) is 0 Å². The van der Waals surface area contributed by atoms with Gasteiger partial charge in [-0.1, -0.05) is 0 Å². The SMILES string of the molecule is Brc1ccc(NC2CC2)s1. The quantitative estimate of drug-likeness (QED) is 0.804. The van der Waals surface area contributed by atoms with E-state index in [2.05, 4.69) is 33.4 Å². The van der Waals surface area contributed by atoms with Gasteiger partial charge < -0.3 is 5.32 Å². The zero-order chi connectivity index (χ0) is 6.97. The largest absolute Gasteiger partial charge is 0.374 e. The lowest BCUT2D eigenvalue weighted by Gasteiger charge is -1.96. The van der Waals surface area contributed by atoms with Crippen molar-refractivity contribution < 1.29 is 0 Å². The molecular weight excluding hydrogens is 210 g/mol. The van der Waals surface area contributed by atoms with E-state index in [0.29, 0.717) is 0 Å². The minimum absolute atomic E-state index is 0.769. The van der Waals surface area contributed by atoms with Gasteiger partial charge in [0.2, 0.25) is 0 Å². The molecular formula is C7H8BrNS. The van der Waals surface area contributed by atoms with E-state index in [1.807, 2.05) is 0 Å². The van der Waals surface area contributed by atoms with Crippen LogP contribution in [0.4, 0.5) is 5.00 Å². The molecule has 0 atom stereocenters. The van der Waals surface area contributed by atoms with Crippen molar-refractivity contribution >= 4 is 32.3 Å². The van der Waals surface area contributed by atoms with E-state index in [9.17, 15) is 0 Å². The Morgan fingerprint density at radius 3 is 2.80 bits per heavy atom. The maximum absolute atomic E-state index is 3.43. The van der Waals surface area contributed by atoms with Gasteiger partial charge in [-0.15, -0.1) is 11.3 Å². The summed E-state index contributed by atoms with van der Waals surface area (Å²) in [5.74, 6) is 0. The molecule has 0 aromatic carbocycles. The Labute approximate surface area is 72.6 Å². The highest BCUT2D eigenvalue weighted by atomic mass is 79.9. The second-order valence-electron chi connectivity index (χ2n) is 2.52. The van der Waals surface area contributed by atoms with Gasteiger partial charge in [-0.25, -0.2) is 0 Å². The molecule has 0 saturated heterocycles. The monoisotopic (exact) mass is 217 g/mol. The van der Waals surface area contributed by atoms with Gasteiger partial charge >= 0.3 is 0 Å². The molecule has 1 aromatic rings. The Morgan fingerprint density at radius 2 is 2.30 bits per heavy atom. The van der Waals surface area contributed by atoms with Crippen molar-refractivity contribution in [2.75, 3.05) is 5.32 Å². The third-order valence-corrected chi connectivity index (χ3v) is 3.05. The Balaban J connectivity index is 2.03. The number of hydrogen-bond donors (Lipinski definition) is 1. The summed E-state index contributed by atoms with van der Waals surface area (Å²) in [5.41, 5.74) is 0. The van der Waals surface area contributed by atoms with Crippen LogP contribution in [0.1, 0.15) is 12.8 Å². The second-order valence-corrected chi connectivity index (χ2v) is 4.99. The normalized spacial score (nSPS) is 17.3. The summed E-state index contributed by atoms with van der Waals surface area (Å²) >= 11 is 5.18. The lowest BCUT2D eigenvalue weighted by atomic mass is 10.6. The fourth-order valence-corrected chi connectivity index (χ4v) is 2.18. The Hall–Kier alpha value is -0.0200. The fourth-order valence-electron chi connectivity index (χ4n) is 0.821. The molecule has 1 aliphatic carbocycles. The van der Waals surface area contributed by atoms with Gasteiger partial charge in [0, 0.05) is 6.04 Å². The first-order valence-electron chi connectivity index (χ1n) is 3.36. The summed E-state index contributed by atoms with van der Waals surface area (Å²) in [5, 5.41) is 4.71. The molecule has 54 valence electrons. The van der Waals surface area contributed by atoms with E-state index in [-0.39, 0.29) is 0 Å². The summed E-state index contributed by atoms with van der Waals surface area (Å²) < 4.78 is 1.20. The Morgan fingerprint density at radius 1 is 1.50 bits per heavy atom. The van der Waals surface area contributed by atoms with Gasteiger partial charge in [0.25, 0.3) is 0 Å². The average molecular weight is 218 g/mol. The number of hydrogen-bond acceptors (Lipinski definition) is 2. The third-order valence-electron chi connectivity index (χ3n) is 1.50. The van der Waals surface area contributed by atoms with Crippen LogP contribution in [0.2, 0.25) is 0 Å². The Bertz CT molecular complexity index is 229. The number of anilines is 1. The van der Waals surface area contributed by atoms with Gasteiger partial charge in [-0.3, -0.25) is 0 Å². The summed E-state index contributed by atoms with van der Waals surface area (Å²) in [6.45, 7) is 0. The summed E-state index contributed by atoms with van der Waals surface area (Å²) in [7, 11) is 0. The van der Waals surface area contributed by atoms with Crippen LogP contribution in [0.15, 0.2) is 15.9 Å². The van der Waals surface area contributed by atoms with Crippen molar-refractivity contribution in [3.8, 4) is 0 Å².